The van der Waals surface area contributed by atoms with Gasteiger partial charge in [-0.2, -0.15) is 0 Å². The summed E-state index contributed by atoms with van der Waals surface area (Å²) in [6.07, 6.45) is -0.518. The van der Waals surface area contributed by atoms with Crippen LogP contribution in [0.2, 0.25) is 0 Å². The number of aryl methyl sites for hydroxylation is 1. The van der Waals surface area contributed by atoms with E-state index < -0.39 is 53.3 Å². The summed E-state index contributed by atoms with van der Waals surface area (Å²) in [5.41, 5.74) is 1.66. The van der Waals surface area contributed by atoms with Crippen molar-refractivity contribution in [2.75, 3.05) is 5.32 Å². The van der Waals surface area contributed by atoms with Crippen LogP contribution in [-0.2, 0) is 30.4 Å². The van der Waals surface area contributed by atoms with Gasteiger partial charge in [-0.1, -0.05) is 30.3 Å². The number of aliphatic carboxylic acids is 1. The zero-order valence-corrected chi connectivity index (χ0v) is 22.9. The van der Waals surface area contributed by atoms with E-state index in [2.05, 4.69) is 21.3 Å². The first-order chi connectivity index (χ1) is 19.4. The van der Waals surface area contributed by atoms with Crippen LogP contribution >= 0.6 is 0 Å². The lowest BCUT2D eigenvalue weighted by Crippen LogP contribution is -2.55. The molecule has 0 aliphatic carbocycles. The molecule has 0 spiro atoms. The number of anilines is 1. The van der Waals surface area contributed by atoms with Crippen LogP contribution in [-0.4, -0.2) is 52.8 Å². The number of hydrogen-bond donors (Lipinski definition) is 5. The standard InChI is InChI=1S/C29H32N4O8/c1-16-13-26(37)41-23-15-20(9-10-21(16)23)32-29(40)22(14-19-7-5-4-6-8-19)33-28(39)18(3)31-27(38)17(2)30-24(34)11-12-25(35)36/h4-10,13,15,17-18,22H,11-12,14H2,1-3H3,(H,30,34)(H,31,38)(H,32,40)(H,33,39)(H,35,36). The van der Waals surface area contributed by atoms with Gasteiger partial charge in [0.1, 0.15) is 23.7 Å². The highest BCUT2D eigenvalue weighted by Crippen LogP contribution is 2.21. The number of carboxylic acid groups (broad SMARTS) is 1. The Labute approximate surface area is 235 Å². The van der Waals surface area contributed by atoms with E-state index in [9.17, 15) is 28.8 Å². The largest absolute Gasteiger partial charge is 0.481 e. The molecule has 3 unspecified atom stereocenters. The third-order valence-electron chi connectivity index (χ3n) is 6.22. The summed E-state index contributed by atoms with van der Waals surface area (Å²) in [4.78, 5) is 73.1. The minimum atomic E-state index is -1.14. The quantitative estimate of drug-likeness (QED) is 0.206. The molecule has 0 saturated heterocycles. The fourth-order valence-electron chi connectivity index (χ4n) is 3.99. The van der Waals surface area contributed by atoms with Crippen molar-refractivity contribution in [3.05, 3.63) is 76.1 Å². The molecule has 0 fully saturated rings. The highest BCUT2D eigenvalue weighted by atomic mass is 16.4. The number of carboxylic acids is 1. The van der Waals surface area contributed by atoms with Crippen molar-refractivity contribution in [2.45, 2.75) is 58.2 Å². The van der Waals surface area contributed by atoms with Gasteiger partial charge in [0, 0.05) is 36.0 Å². The first kappa shape index (κ1) is 30.5. The lowest BCUT2D eigenvalue weighted by Gasteiger charge is -2.22. The maximum atomic E-state index is 13.3. The molecule has 5 N–H and O–H groups in total. The number of fused-ring (bicyclic) bond motifs is 1. The molecule has 1 aromatic heterocycles. The van der Waals surface area contributed by atoms with Gasteiger partial charge < -0.3 is 30.8 Å². The second-order valence-corrected chi connectivity index (χ2v) is 9.61. The lowest BCUT2D eigenvalue weighted by molar-refractivity contribution is -0.139. The Morgan fingerprint density at radius 2 is 1.49 bits per heavy atom. The third kappa shape index (κ3) is 9.02. The smallest absolute Gasteiger partial charge is 0.336 e. The Kier molecular flexibility index (Phi) is 10.3. The van der Waals surface area contributed by atoms with Gasteiger partial charge in [-0.05, 0) is 44.0 Å². The molecule has 0 aliphatic heterocycles. The maximum absolute atomic E-state index is 13.3. The van der Waals surface area contributed by atoms with E-state index in [-0.39, 0.29) is 19.3 Å². The molecule has 3 aromatic rings. The van der Waals surface area contributed by atoms with Crippen LogP contribution in [0.15, 0.2) is 63.8 Å². The summed E-state index contributed by atoms with van der Waals surface area (Å²) in [6, 6.07) is 12.2. The van der Waals surface area contributed by atoms with Crippen molar-refractivity contribution in [3.63, 3.8) is 0 Å². The van der Waals surface area contributed by atoms with Crippen molar-refractivity contribution in [1.82, 2.24) is 16.0 Å². The molecular formula is C29H32N4O8. The van der Waals surface area contributed by atoms with E-state index in [4.69, 9.17) is 9.52 Å². The van der Waals surface area contributed by atoms with Crippen molar-refractivity contribution in [3.8, 4) is 0 Å². The average molecular weight is 565 g/mol. The van der Waals surface area contributed by atoms with Gasteiger partial charge in [-0.15, -0.1) is 0 Å². The first-order valence-electron chi connectivity index (χ1n) is 12.9. The highest BCUT2D eigenvalue weighted by molar-refractivity contribution is 6.00. The van der Waals surface area contributed by atoms with E-state index in [0.717, 1.165) is 11.1 Å². The van der Waals surface area contributed by atoms with Gasteiger partial charge in [0.2, 0.25) is 23.6 Å². The van der Waals surface area contributed by atoms with Crippen LogP contribution in [0.3, 0.4) is 0 Å². The molecule has 0 radical (unpaired) electrons. The van der Waals surface area contributed by atoms with E-state index in [0.29, 0.717) is 16.7 Å². The second-order valence-electron chi connectivity index (χ2n) is 9.61. The van der Waals surface area contributed by atoms with Crippen LogP contribution in [0.25, 0.3) is 11.0 Å². The van der Waals surface area contributed by atoms with Crippen LogP contribution in [0.1, 0.15) is 37.8 Å². The van der Waals surface area contributed by atoms with Gasteiger partial charge >= 0.3 is 11.6 Å². The van der Waals surface area contributed by atoms with Gasteiger partial charge in [0.25, 0.3) is 0 Å². The minimum absolute atomic E-state index is 0.150. The van der Waals surface area contributed by atoms with Gasteiger partial charge in [0.15, 0.2) is 0 Å². The van der Waals surface area contributed by atoms with Crippen molar-refractivity contribution in [2.24, 2.45) is 0 Å². The summed E-state index contributed by atoms with van der Waals surface area (Å²) in [5.74, 6) is -3.59. The predicted molar refractivity (Wildman–Crippen MR) is 150 cm³/mol. The van der Waals surface area contributed by atoms with E-state index in [1.54, 1.807) is 43.3 Å². The normalized spacial score (nSPS) is 13.0. The SMILES string of the molecule is Cc1cc(=O)oc2cc(NC(=O)C(Cc3ccccc3)NC(=O)C(C)NC(=O)C(C)NC(=O)CCC(=O)O)ccc12. The van der Waals surface area contributed by atoms with Crippen molar-refractivity contribution in [1.29, 1.82) is 0 Å². The average Bonchev–Trinajstić information content (AvgIpc) is 2.91. The van der Waals surface area contributed by atoms with Crippen LogP contribution in [0.5, 0.6) is 0 Å². The molecule has 1 heterocycles. The molecule has 216 valence electrons. The maximum Gasteiger partial charge on any atom is 0.336 e. The summed E-state index contributed by atoms with van der Waals surface area (Å²) in [7, 11) is 0. The summed E-state index contributed by atoms with van der Waals surface area (Å²) >= 11 is 0. The Morgan fingerprint density at radius 1 is 0.829 bits per heavy atom. The number of amides is 4. The number of carbonyl (C=O) groups is 5. The molecule has 0 aliphatic rings. The van der Waals surface area contributed by atoms with Crippen molar-refractivity contribution < 1.29 is 33.5 Å². The monoisotopic (exact) mass is 564 g/mol. The molecule has 4 amide bonds. The first-order valence-corrected chi connectivity index (χ1v) is 12.9. The van der Waals surface area contributed by atoms with Gasteiger partial charge in [-0.25, -0.2) is 4.79 Å². The molecule has 3 atom stereocenters. The van der Waals surface area contributed by atoms with Crippen molar-refractivity contribution >= 4 is 46.3 Å². The fourth-order valence-corrected chi connectivity index (χ4v) is 3.99. The third-order valence-corrected chi connectivity index (χ3v) is 6.22. The van der Waals surface area contributed by atoms with Crippen LogP contribution < -0.4 is 26.9 Å². The molecule has 3 rings (SSSR count). The topological polar surface area (TPSA) is 184 Å². The van der Waals surface area contributed by atoms with Gasteiger partial charge in [0.05, 0.1) is 6.42 Å². The number of nitrogens with one attached hydrogen (secondary N) is 4. The molecule has 41 heavy (non-hydrogen) atoms. The summed E-state index contributed by atoms with van der Waals surface area (Å²) in [5, 5.41) is 19.7. The Morgan fingerprint density at radius 3 is 2.17 bits per heavy atom. The summed E-state index contributed by atoms with van der Waals surface area (Å²) in [6.45, 7) is 4.60. The predicted octanol–water partition coefficient (Wildman–Crippen LogP) is 1.64. The van der Waals surface area contributed by atoms with E-state index in [1.165, 1.54) is 26.0 Å². The minimum Gasteiger partial charge on any atom is -0.481 e. The van der Waals surface area contributed by atoms with E-state index in [1.807, 2.05) is 6.07 Å². The van der Waals surface area contributed by atoms with Crippen LogP contribution in [0.4, 0.5) is 5.69 Å². The van der Waals surface area contributed by atoms with Crippen LogP contribution in [0, 0.1) is 6.92 Å². The Bertz CT molecular complexity index is 1500. The second kappa shape index (κ2) is 13.9. The Balaban J connectivity index is 1.69. The summed E-state index contributed by atoms with van der Waals surface area (Å²) < 4.78 is 5.25. The van der Waals surface area contributed by atoms with E-state index >= 15 is 0 Å². The zero-order chi connectivity index (χ0) is 30.1. The molecule has 2 aromatic carbocycles. The Hall–Kier alpha value is -5.00. The lowest BCUT2D eigenvalue weighted by atomic mass is 10.0. The molecular weight excluding hydrogens is 532 g/mol. The fraction of sp³-hybridized carbons (Fsp3) is 0.310. The zero-order valence-electron chi connectivity index (χ0n) is 22.9. The highest BCUT2D eigenvalue weighted by Gasteiger charge is 2.26. The molecule has 12 nitrogen and oxygen atoms in total. The molecule has 12 heteroatoms. The number of carbonyl (C=O) groups excluding carboxylic acids is 4. The number of benzene rings is 2. The molecule has 0 bridgehead atoms. The number of hydrogen-bond acceptors (Lipinski definition) is 7. The molecule has 0 saturated carbocycles. The number of rotatable bonds is 12. The van der Waals surface area contributed by atoms with Gasteiger partial charge in [-0.3, -0.25) is 24.0 Å².